The first-order valence-corrected chi connectivity index (χ1v) is 5.93. The van der Waals surface area contributed by atoms with E-state index in [0.29, 0.717) is 0 Å². The lowest BCUT2D eigenvalue weighted by atomic mass is 9.93. The second kappa shape index (κ2) is 4.53. The van der Waals surface area contributed by atoms with Gasteiger partial charge < -0.3 is 0 Å². The Morgan fingerprint density at radius 1 is 0.944 bits per heavy atom. The van der Waals surface area contributed by atoms with Crippen LogP contribution in [0.2, 0.25) is 0 Å². The minimum atomic E-state index is 0.00796. The predicted octanol–water partition coefficient (Wildman–Crippen LogP) is 4.02. The van der Waals surface area contributed by atoms with Crippen LogP contribution in [-0.2, 0) is 0 Å². The van der Waals surface area contributed by atoms with E-state index in [4.69, 9.17) is 0 Å². The molecule has 1 unspecified atom stereocenters. The van der Waals surface area contributed by atoms with Gasteiger partial charge in [0.15, 0.2) is 0 Å². The van der Waals surface area contributed by atoms with Crippen LogP contribution in [0.25, 0.3) is 5.57 Å². The second-order valence-electron chi connectivity index (χ2n) is 4.26. The minimum Gasteiger partial charge on any atom is -0.265 e. The lowest BCUT2D eigenvalue weighted by Crippen LogP contribution is -1.97. The summed E-state index contributed by atoms with van der Waals surface area (Å²) >= 11 is 0. The molecule has 88 valence electrons. The molecule has 0 bridgehead atoms. The molecule has 0 fully saturated rings. The molecule has 3 nitrogen and oxygen atoms in total. The molecule has 2 heterocycles. The molecule has 0 saturated carbocycles. The summed E-state index contributed by atoms with van der Waals surface area (Å²) in [5, 5.41) is 8.61. The Bertz CT molecular complexity index is 600. The van der Waals surface area contributed by atoms with Crippen LogP contribution in [0.4, 0.5) is 0 Å². The topological polar surface area (TPSA) is 37.6 Å². The molecule has 1 aliphatic rings. The third-order valence-electron chi connectivity index (χ3n) is 3.09. The highest BCUT2D eigenvalue weighted by Crippen LogP contribution is 2.40. The maximum atomic E-state index is 4.38. The van der Waals surface area contributed by atoms with Crippen molar-refractivity contribution >= 4 is 5.57 Å². The quantitative estimate of drug-likeness (QED) is 0.774. The number of nitrogens with zero attached hydrogens (tertiary/aromatic N) is 3. The summed E-state index contributed by atoms with van der Waals surface area (Å²) in [6, 6.07) is 14.3. The molecule has 0 amide bonds. The molecular formula is C15H13N3. The van der Waals surface area contributed by atoms with E-state index in [1.807, 2.05) is 37.3 Å². The van der Waals surface area contributed by atoms with Gasteiger partial charge >= 0.3 is 0 Å². The van der Waals surface area contributed by atoms with Crippen molar-refractivity contribution in [2.45, 2.75) is 13.0 Å². The predicted molar refractivity (Wildman–Crippen MR) is 70.9 cm³/mol. The molecule has 3 rings (SSSR count). The highest BCUT2D eigenvalue weighted by atomic mass is 15.2. The van der Waals surface area contributed by atoms with Gasteiger partial charge in [-0.2, -0.15) is 10.2 Å². The zero-order valence-corrected chi connectivity index (χ0v) is 10.1. The summed E-state index contributed by atoms with van der Waals surface area (Å²) in [6.07, 6.45) is 3.60. The van der Waals surface area contributed by atoms with Crippen molar-refractivity contribution in [2.24, 2.45) is 10.2 Å². The Morgan fingerprint density at radius 2 is 1.67 bits per heavy atom. The smallest absolute Gasteiger partial charge is 0.124 e. The van der Waals surface area contributed by atoms with E-state index in [0.717, 1.165) is 11.3 Å². The fourth-order valence-electron chi connectivity index (χ4n) is 2.22. The highest BCUT2D eigenvalue weighted by molar-refractivity contribution is 5.74. The number of pyridine rings is 1. The number of hydrogen-bond donors (Lipinski definition) is 0. The Balaban J connectivity index is 2.06. The van der Waals surface area contributed by atoms with Gasteiger partial charge in [-0.1, -0.05) is 30.3 Å². The van der Waals surface area contributed by atoms with Crippen molar-refractivity contribution in [2.75, 3.05) is 0 Å². The Hall–Kier alpha value is -2.29. The van der Waals surface area contributed by atoms with Crippen LogP contribution in [0, 0.1) is 0 Å². The van der Waals surface area contributed by atoms with Crippen molar-refractivity contribution in [3.63, 3.8) is 0 Å². The Morgan fingerprint density at radius 3 is 2.39 bits per heavy atom. The number of rotatable bonds is 2. The number of allylic oxidation sites excluding steroid dienone is 1. The minimum absolute atomic E-state index is 0.00796. The van der Waals surface area contributed by atoms with Gasteiger partial charge in [0, 0.05) is 18.0 Å². The van der Waals surface area contributed by atoms with Crippen molar-refractivity contribution < 1.29 is 0 Å². The molecule has 0 radical (unpaired) electrons. The third kappa shape index (κ3) is 1.84. The molecule has 0 saturated heterocycles. The van der Waals surface area contributed by atoms with E-state index in [-0.39, 0.29) is 6.04 Å². The van der Waals surface area contributed by atoms with Crippen molar-refractivity contribution in [1.82, 2.24) is 4.98 Å². The van der Waals surface area contributed by atoms with E-state index in [1.165, 1.54) is 11.1 Å². The van der Waals surface area contributed by atoms with Crippen LogP contribution < -0.4 is 0 Å². The molecule has 1 aliphatic heterocycles. The summed E-state index contributed by atoms with van der Waals surface area (Å²) < 4.78 is 0. The normalized spacial score (nSPS) is 18.4. The largest absolute Gasteiger partial charge is 0.265 e. The first kappa shape index (κ1) is 10.8. The van der Waals surface area contributed by atoms with Crippen LogP contribution in [0.1, 0.15) is 24.1 Å². The summed E-state index contributed by atoms with van der Waals surface area (Å²) in [7, 11) is 0. The molecular weight excluding hydrogens is 222 g/mol. The van der Waals surface area contributed by atoms with Gasteiger partial charge in [0.1, 0.15) is 6.04 Å². The number of benzene rings is 1. The van der Waals surface area contributed by atoms with Gasteiger partial charge in [0.25, 0.3) is 0 Å². The summed E-state index contributed by atoms with van der Waals surface area (Å²) in [4.78, 5) is 4.06. The Kier molecular flexibility index (Phi) is 2.73. The van der Waals surface area contributed by atoms with Gasteiger partial charge in [-0.25, -0.2) is 0 Å². The standard InChI is InChI=1S/C15H13N3/c1-11-14(12-7-9-16-10-8-12)15(18-17-11)13-5-3-2-4-6-13/h2-10,15H,1H3. The van der Waals surface area contributed by atoms with Gasteiger partial charge in [-0.05, 0) is 30.2 Å². The van der Waals surface area contributed by atoms with Crippen LogP contribution >= 0.6 is 0 Å². The SMILES string of the molecule is CC1=C(c2ccncc2)C(c2ccccc2)N=N1. The molecule has 1 atom stereocenters. The van der Waals surface area contributed by atoms with E-state index < -0.39 is 0 Å². The number of aromatic nitrogens is 1. The maximum Gasteiger partial charge on any atom is 0.124 e. The number of azo groups is 1. The van der Waals surface area contributed by atoms with Gasteiger partial charge in [-0.3, -0.25) is 4.98 Å². The molecule has 1 aromatic heterocycles. The van der Waals surface area contributed by atoms with Crippen molar-refractivity contribution in [3.05, 3.63) is 71.7 Å². The molecule has 3 heteroatoms. The summed E-state index contributed by atoms with van der Waals surface area (Å²) in [5.74, 6) is 0. The lowest BCUT2D eigenvalue weighted by Gasteiger charge is -2.12. The van der Waals surface area contributed by atoms with Crippen LogP contribution in [0.3, 0.4) is 0 Å². The second-order valence-corrected chi connectivity index (χ2v) is 4.26. The summed E-state index contributed by atoms with van der Waals surface area (Å²) in [6.45, 7) is 2.00. The molecule has 18 heavy (non-hydrogen) atoms. The fraction of sp³-hybridized carbons (Fsp3) is 0.133. The average Bonchev–Trinajstić information content (AvgIpc) is 2.83. The van der Waals surface area contributed by atoms with Crippen LogP contribution in [0.15, 0.2) is 70.8 Å². The first-order valence-electron chi connectivity index (χ1n) is 5.93. The van der Waals surface area contributed by atoms with Crippen LogP contribution in [0.5, 0.6) is 0 Å². The van der Waals surface area contributed by atoms with Gasteiger partial charge in [-0.15, -0.1) is 0 Å². The zero-order valence-electron chi connectivity index (χ0n) is 10.1. The number of hydrogen-bond acceptors (Lipinski definition) is 3. The maximum absolute atomic E-state index is 4.38. The first-order chi connectivity index (χ1) is 8.86. The summed E-state index contributed by atoms with van der Waals surface area (Å²) in [5.41, 5.74) is 4.46. The zero-order chi connectivity index (χ0) is 12.4. The molecule has 0 spiro atoms. The van der Waals surface area contributed by atoms with E-state index in [2.05, 4.69) is 27.3 Å². The molecule has 2 aromatic rings. The molecule has 0 N–H and O–H groups in total. The van der Waals surface area contributed by atoms with E-state index in [9.17, 15) is 0 Å². The fourth-order valence-corrected chi connectivity index (χ4v) is 2.22. The average molecular weight is 235 g/mol. The van der Waals surface area contributed by atoms with E-state index >= 15 is 0 Å². The Labute approximate surface area is 106 Å². The van der Waals surface area contributed by atoms with Crippen molar-refractivity contribution in [1.29, 1.82) is 0 Å². The molecule has 0 aliphatic carbocycles. The van der Waals surface area contributed by atoms with Gasteiger partial charge in [0.05, 0.1) is 5.70 Å². The monoisotopic (exact) mass is 235 g/mol. The molecule has 1 aromatic carbocycles. The third-order valence-corrected chi connectivity index (χ3v) is 3.09. The van der Waals surface area contributed by atoms with E-state index in [1.54, 1.807) is 12.4 Å². The lowest BCUT2D eigenvalue weighted by molar-refractivity contribution is 0.892. The van der Waals surface area contributed by atoms with Crippen LogP contribution in [-0.4, -0.2) is 4.98 Å². The van der Waals surface area contributed by atoms with Gasteiger partial charge in [0.2, 0.25) is 0 Å². The highest BCUT2D eigenvalue weighted by Gasteiger charge is 2.24. The van der Waals surface area contributed by atoms with Crippen molar-refractivity contribution in [3.8, 4) is 0 Å².